The molecule has 0 saturated carbocycles. The molecule has 1 aromatic rings. The molecule has 1 saturated heterocycles. The summed E-state index contributed by atoms with van der Waals surface area (Å²) >= 11 is 2.08. The first-order chi connectivity index (χ1) is 8.75. The SMILES string of the molecule is CC(C)CC(NC1CCSCC1)c1cccnc1. The van der Waals surface area contributed by atoms with E-state index in [9.17, 15) is 0 Å². The first-order valence-electron chi connectivity index (χ1n) is 6.99. The minimum absolute atomic E-state index is 0.465. The van der Waals surface area contributed by atoms with Crippen LogP contribution in [0.1, 0.15) is 44.7 Å². The molecule has 0 aliphatic carbocycles. The molecule has 1 unspecified atom stereocenters. The summed E-state index contributed by atoms with van der Waals surface area (Å²) in [5, 5.41) is 3.85. The van der Waals surface area contributed by atoms with Gasteiger partial charge in [-0.05, 0) is 48.3 Å². The van der Waals surface area contributed by atoms with Crippen molar-refractivity contribution in [2.75, 3.05) is 11.5 Å². The summed E-state index contributed by atoms with van der Waals surface area (Å²) < 4.78 is 0. The Morgan fingerprint density at radius 1 is 1.39 bits per heavy atom. The van der Waals surface area contributed by atoms with Gasteiger partial charge in [0.1, 0.15) is 0 Å². The smallest absolute Gasteiger partial charge is 0.0340 e. The molecule has 3 heteroatoms. The number of pyridine rings is 1. The van der Waals surface area contributed by atoms with Crippen molar-refractivity contribution < 1.29 is 0 Å². The van der Waals surface area contributed by atoms with Crippen LogP contribution in [0.2, 0.25) is 0 Å². The number of rotatable bonds is 5. The van der Waals surface area contributed by atoms with Gasteiger partial charge in [-0.1, -0.05) is 19.9 Å². The van der Waals surface area contributed by atoms with E-state index in [2.05, 4.69) is 42.0 Å². The monoisotopic (exact) mass is 264 g/mol. The first kappa shape index (κ1) is 13.9. The van der Waals surface area contributed by atoms with E-state index in [1.54, 1.807) is 0 Å². The molecule has 0 amide bonds. The maximum absolute atomic E-state index is 4.26. The van der Waals surface area contributed by atoms with Gasteiger partial charge in [0, 0.05) is 24.5 Å². The van der Waals surface area contributed by atoms with Crippen molar-refractivity contribution in [2.24, 2.45) is 5.92 Å². The Balaban J connectivity index is 2.00. The Kier molecular flexibility index (Phi) is 5.51. The fourth-order valence-electron chi connectivity index (χ4n) is 2.50. The number of nitrogens with zero attached hydrogens (tertiary/aromatic N) is 1. The highest BCUT2D eigenvalue weighted by atomic mass is 32.2. The number of nitrogens with one attached hydrogen (secondary N) is 1. The van der Waals surface area contributed by atoms with E-state index in [1.165, 1.54) is 36.3 Å². The summed E-state index contributed by atoms with van der Waals surface area (Å²) in [6.45, 7) is 4.59. The maximum Gasteiger partial charge on any atom is 0.0340 e. The van der Waals surface area contributed by atoms with Crippen molar-refractivity contribution in [1.29, 1.82) is 0 Å². The van der Waals surface area contributed by atoms with Crippen LogP contribution in [-0.4, -0.2) is 22.5 Å². The van der Waals surface area contributed by atoms with Gasteiger partial charge in [0.15, 0.2) is 0 Å². The van der Waals surface area contributed by atoms with Gasteiger partial charge < -0.3 is 5.32 Å². The fourth-order valence-corrected chi connectivity index (χ4v) is 3.61. The lowest BCUT2D eigenvalue weighted by Crippen LogP contribution is -2.36. The third-order valence-corrected chi connectivity index (χ3v) is 4.50. The van der Waals surface area contributed by atoms with Crippen LogP contribution >= 0.6 is 11.8 Å². The third kappa shape index (κ3) is 4.29. The average Bonchev–Trinajstić information content (AvgIpc) is 2.40. The number of hydrogen-bond donors (Lipinski definition) is 1. The fraction of sp³-hybridized carbons (Fsp3) is 0.667. The predicted octanol–water partition coefficient (Wildman–Crippen LogP) is 3.65. The molecule has 1 aliphatic rings. The average molecular weight is 264 g/mol. The molecular formula is C15H24N2S. The molecule has 0 bridgehead atoms. The molecule has 0 radical (unpaired) electrons. The number of thioether (sulfide) groups is 1. The molecule has 2 rings (SSSR count). The second kappa shape index (κ2) is 7.15. The Morgan fingerprint density at radius 3 is 2.78 bits per heavy atom. The van der Waals surface area contributed by atoms with E-state index in [0.717, 1.165) is 0 Å². The van der Waals surface area contributed by atoms with E-state index >= 15 is 0 Å². The van der Waals surface area contributed by atoms with Crippen molar-refractivity contribution in [3.05, 3.63) is 30.1 Å². The molecule has 1 atom stereocenters. The van der Waals surface area contributed by atoms with Crippen molar-refractivity contribution >= 4 is 11.8 Å². The largest absolute Gasteiger partial charge is 0.307 e. The molecular weight excluding hydrogens is 240 g/mol. The van der Waals surface area contributed by atoms with Crippen molar-refractivity contribution in [3.63, 3.8) is 0 Å². The van der Waals surface area contributed by atoms with Gasteiger partial charge in [0.05, 0.1) is 0 Å². The van der Waals surface area contributed by atoms with Gasteiger partial charge in [0.25, 0.3) is 0 Å². The first-order valence-corrected chi connectivity index (χ1v) is 8.15. The zero-order valence-corrected chi connectivity index (χ0v) is 12.2. The predicted molar refractivity (Wildman–Crippen MR) is 79.9 cm³/mol. The molecule has 2 heterocycles. The summed E-state index contributed by atoms with van der Waals surface area (Å²) in [5.74, 6) is 3.32. The lowest BCUT2D eigenvalue weighted by molar-refractivity contribution is 0.364. The van der Waals surface area contributed by atoms with E-state index in [-0.39, 0.29) is 0 Å². The third-order valence-electron chi connectivity index (χ3n) is 3.45. The quantitative estimate of drug-likeness (QED) is 0.878. The lowest BCUT2D eigenvalue weighted by atomic mass is 9.96. The van der Waals surface area contributed by atoms with Crippen LogP contribution < -0.4 is 5.32 Å². The van der Waals surface area contributed by atoms with Gasteiger partial charge in [-0.25, -0.2) is 0 Å². The number of aromatic nitrogens is 1. The minimum atomic E-state index is 0.465. The summed E-state index contributed by atoms with van der Waals surface area (Å²) in [5.41, 5.74) is 1.34. The normalized spacial score (nSPS) is 19.1. The van der Waals surface area contributed by atoms with E-state index in [4.69, 9.17) is 0 Å². The van der Waals surface area contributed by atoms with Gasteiger partial charge in [-0.15, -0.1) is 0 Å². The van der Waals surface area contributed by atoms with Crippen molar-refractivity contribution in [1.82, 2.24) is 10.3 Å². The highest BCUT2D eigenvalue weighted by Gasteiger charge is 2.20. The summed E-state index contributed by atoms with van der Waals surface area (Å²) in [7, 11) is 0. The molecule has 0 aromatic carbocycles. The van der Waals surface area contributed by atoms with Crippen LogP contribution in [0.15, 0.2) is 24.5 Å². The molecule has 0 spiro atoms. The van der Waals surface area contributed by atoms with Crippen LogP contribution in [-0.2, 0) is 0 Å². The van der Waals surface area contributed by atoms with Crippen LogP contribution in [0.5, 0.6) is 0 Å². The van der Waals surface area contributed by atoms with E-state index in [1.807, 2.05) is 18.5 Å². The summed E-state index contributed by atoms with van der Waals surface area (Å²) in [6, 6.07) is 5.40. The van der Waals surface area contributed by atoms with Crippen molar-refractivity contribution in [2.45, 2.75) is 45.2 Å². The molecule has 1 fully saturated rings. The molecule has 100 valence electrons. The second-order valence-corrected chi connectivity index (χ2v) is 6.75. The summed E-state index contributed by atoms with van der Waals surface area (Å²) in [6.07, 6.45) is 7.67. The topological polar surface area (TPSA) is 24.9 Å². The molecule has 1 aromatic heterocycles. The zero-order valence-electron chi connectivity index (χ0n) is 11.4. The van der Waals surface area contributed by atoms with Gasteiger partial charge in [-0.3, -0.25) is 4.98 Å². The number of hydrogen-bond acceptors (Lipinski definition) is 3. The standard InChI is InChI=1S/C15H24N2S/c1-12(2)10-15(13-4-3-7-16-11-13)17-14-5-8-18-9-6-14/h3-4,7,11-12,14-15,17H,5-6,8-10H2,1-2H3. The Morgan fingerprint density at radius 2 is 2.17 bits per heavy atom. The second-order valence-electron chi connectivity index (χ2n) is 5.52. The maximum atomic E-state index is 4.26. The van der Waals surface area contributed by atoms with Gasteiger partial charge >= 0.3 is 0 Å². The Hall–Kier alpha value is -0.540. The molecule has 2 nitrogen and oxygen atoms in total. The minimum Gasteiger partial charge on any atom is -0.307 e. The van der Waals surface area contributed by atoms with Crippen LogP contribution in [0.3, 0.4) is 0 Å². The highest BCUT2D eigenvalue weighted by Crippen LogP contribution is 2.25. The lowest BCUT2D eigenvalue weighted by Gasteiger charge is -2.29. The summed E-state index contributed by atoms with van der Waals surface area (Å²) in [4.78, 5) is 4.26. The van der Waals surface area contributed by atoms with E-state index in [0.29, 0.717) is 18.0 Å². The van der Waals surface area contributed by atoms with Crippen LogP contribution in [0.25, 0.3) is 0 Å². The molecule has 1 N–H and O–H groups in total. The Labute approximate surface area is 115 Å². The molecule has 1 aliphatic heterocycles. The van der Waals surface area contributed by atoms with Gasteiger partial charge in [0.2, 0.25) is 0 Å². The zero-order chi connectivity index (χ0) is 12.8. The Bertz CT molecular complexity index is 334. The van der Waals surface area contributed by atoms with Crippen LogP contribution in [0, 0.1) is 5.92 Å². The van der Waals surface area contributed by atoms with Crippen molar-refractivity contribution in [3.8, 4) is 0 Å². The highest BCUT2D eigenvalue weighted by molar-refractivity contribution is 7.99. The van der Waals surface area contributed by atoms with E-state index < -0.39 is 0 Å². The van der Waals surface area contributed by atoms with Gasteiger partial charge in [-0.2, -0.15) is 11.8 Å². The molecule has 18 heavy (non-hydrogen) atoms. The van der Waals surface area contributed by atoms with Crippen LogP contribution in [0.4, 0.5) is 0 Å².